The Balaban J connectivity index is 2.05. The number of aromatic amines is 1. The smallest absolute Gasteiger partial charge is 0.112 e. The van der Waals surface area contributed by atoms with Crippen LogP contribution < -0.4 is 0 Å². The number of fused-ring (bicyclic) bond motifs is 1. The third kappa shape index (κ3) is 2.01. The number of allylic oxidation sites excluding steroid dienone is 4. The lowest BCUT2D eigenvalue weighted by molar-refractivity contribution is 1.04. The van der Waals surface area contributed by atoms with E-state index in [2.05, 4.69) is 47.5 Å². The molecule has 0 radical (unpaired) electrons. The van der Waals surface area contributed by atoms with Crippen molar-refractivity contribution in [2.75, 3.05) is 0 Å². The van der Waals surface area contributed by atoms with Gasteiger partial charge in [-0.15, -0.1) is 11.3 Å². The number of nitrogens with one attached hydrogen (secondary N) is 1. The van der Waals surface area contributed by atoms with Gasteiger partial charge in [0.05, 0.1) is 5.69 Å². The molecule has 0 amide bonds. The number of para-hydroxylation sites is 1. The molecule has 0 saturated carbocycles. The van der Waals surface area contributed by atoms with Crippen molar-refractivity contribution in [1.82, 2.24) is 4.98 Å². The topological polar surface area (TPSA) is 39.6 Å². The zero-order chi connectivity index (χ0) is 14.9. The van der Waals surface area contributed by atoms with E-state index >= 15 is 0 Å². The van der Waals surface area contributed by atoms with E-state index in [0.717, 1.165) is 40.1 Å². The summed E-state index contributed by atoms with van der Waals surface area (Å²) in [5.41, 5.74) is 5.62. The average molecular weight is 302 g/mol. The lowest BCUT2D eigenvalue weighted by Crippen LogP contribution is -1.89. The first-order valence-corrected chi connectivity index (χ1v) is 8.22. The Morgan fingerprint density at radius 3 is 2.86 bits per heavy atom. The van der Waals surface area contributed by atoms with E-state index in [1.165, 1.54) is 22.3 Å². The maximum atomic E-state index is 9.40. The van der Waals surface area contributed by atoms with E-state index in [9.17, 15) is 5.26 Å². The molecular weight excluding hydrogens is 288 g/mol. The normalized spacial score (nSPS) is 14.0. The van der Waals surface area contributed by atoms with Crippen LogP contribution in [0.25, 0.3) is 27.6 Å². The Morgan fingerprint density at radius 2 is 2.05 bits per heavy atom. The zero-order valence-electron chi connectivity index (χ0n) is 12.0. The van der Waals surface area contributed by atoms with Crippen LogP contribution in [0.1, 0.15) is 23.4 Å². The molecule has 3 heteroatoms. The Bertz CT molecular complexity index is 947. The molecule has 0 unspecified atom stereocenters. The third-order valence-corrected chi connectivity index (χ3v) is 4.84. The molecule has 1 aliphatic carbocycles. The van der Waals surface area contributed by atoms with E-state index in [4.69, 9.17) is 0 Å². The highest BCUT2D eigenvalue weighted by Gasteiger charge is 2.19. The first-order chi connectivity index (χ1) is 10.9. The van der Waals surface area contributed by atoms with Gasteiger partial charge in [0.1, 0.15) is 10.9 Å². The molecule has 0 atom stereocenters. The zero-order valence-corrected chi connectivity index (χ0v) is 12.8. The second-order valence-electron chi connectivity index (χ2n) is 5.33. The molecule has 2 heterocycles. The van der Waals surface area contributed by atoms with Gasteiger partial charge in [-0.1, -0.05) is 36.4 Å². The molecular formula is C19H14N2S. The van der Waals surface area contributed by atoms with Crippen molar-refractivity contribution in [1.29, 1.82) is 5.26 Å². The fourth-order valence-electron chi connectivity index (χ4n) is 3.03. The van der Waals surface area contributed by atoms with Gasteiger partial charge in [0.15, 0.2) is 0 Å². The number of nitrogens with zero attached hydrogens (tertiary/aromatic N) is 1. The number of nitriles is 1. The summed E-state index contributed by atoms with van der Waals surface area (Å²) in [5.74, 6) is 0. The minimum atomic E-state index is 0.770. The van der Waals surface area contributed by atoms with Crippen LogP contribution in [-0.2, 0) is 0 Å². The number of H-pyrrole nitrogens is 1. The first-order valence-electron chi connectivity index (χ1n) is 7.34. The van der Waals surface area contributed by atoms with Gasteiger partial charge in [-0.25, -0.2) is 0 Å². The van der Waals surface area contributed by atoms with Gasteiger partial charge in [0.25, 0.3) is 0 Å². The molecule has 2 aromatic heterocycles. The number of thiophene rings is 1. The van der Waals surface area contributed by atoms with Gasteiger partial charge in [-0.3, -0.25) is 0 Å². The minimum absolute atomic E-state index is 0.770. The van der Waals surface area contributed by atoms with Crippen molar-refractivity contribution in [2.45, 2.75) is 12.8 Å². The SMILES string of the molecule is N#Cc1sccc1-c1c(C2=CCCC=C2)[nH]c2ccccc12. The maximum absolute atomic E-state index is 9.40. The number of benzene rings is 1. The molecule has 22 heavy (non-hydrogen) atoms. The highest BCUT2D eigenvalue weighted by molar-refractivity contribution is 7.11. The molecule has 0 saturated heterocycles. The van der Waals surface area contributed by atoms with Crippen LogP contribution in [0.5, 0.6) is 0 Å². The fourth-order valence-corrected chi connectivity index (χ4v) is 3.72. The van der Waals surface area contributed by atoms with Crippen LogP contribution in [0.3, 0.4) is 0 Å². The van der Waals surface area contributed by atoms with Crippen molar-refractivity contribution >= 4 is 27.8 Å². The van der Waals surface area contributed by atoms with Crippen LogP contribution in [0, 0.1) is 11.3 Å². The number of hydrogen-bond acceptors (Lipinski definition) is 2. The monoisotopic (exact) mass is 302 g/mol. The van der Waals surface area contributed by atoms with Crippen molar-refractivity contribution in [3.63, 3.8) is 0 Å². The van der Waals surface area contributed by atoms with Crippen LogP contribution in [-0.4, -0.2) is 4.98 Å². The highest BCUT2D eigenvalue weighted by atomic mass is 32.1. The highest BCUT2D eigenvalue weighted by Crippen LogP contribution is 2.40. The van der Waals surface area contributed by atoms with Crippen molar-refractivity contribution in [3.8, 4) is 17.2 Å². The van der Waals surface area contributed by atoms with E-state index < -0.39 is 0 Å². The number of rotatable bonds is 2. The summed E-state index contributed by atoms with van der Waals surface area (Å²) < 4.78 is 0. The van der Waals surface area contributed by atoms with E-state index in [1.54, 1.807) is 0 Å². The maximum Gasteiger partial charge on any atom is 0.112 e. The first kappa shape index (κ1) is 13.1. The lowest BCUT2D eigenvalue weighted by atomic mass is 9.96. The quantitative estimate of drug-likeness (QED) is 0.667. The fraction of sp³-hybridized carbons (Fsp3) is 0.105. The molecule has 2 nitrogen and oxygen atoms in total. The third-order valence-electron chi connectivity index (χ3n) is 4.03. The van der Waals surface area contributed by atoms with Gasteiger partial charge >= 0.3 is 0 Å². The van der Waals surface area contributed by atoms with E-state index in [1.807, 2.05) is 17.5 Å². The summed E-state index contributed by atoms with van der Waals surface area (Å²) in [5, 5.41) is 12.6. The second kappa shape index (κ2) is 5.32. The Hall–Kier alpha value is -2.57. The standard InChI is InChI=1S/C19H14N2S/c20-12-17-15(10-11-22-17)18-14-8-4-5-9-16(14)21-19(18)13-6-2-1-3-7-13/h2,4-11,21H,1,3H2. The largest absolute Gasteiger partial charge is 0.354 e. The molecule has 1 aromatic carbocycles. The molecule has 1 aliphatic rings. The molecule has 3 aromatic rings. The molecule has 0 fully saturated rings. The van der Waals surface area contributed by atoms with E-state index in [-0.39, 0.29) is 0 Å². The molecule has 4 rings (SSSR count). The minimum Gasteiger partial charge on any atom is -0.354 e. The summed E-state index contributed by atoms with van der Waals surface area (Å²) in [7, 11) is 0. The van der Waals surface area contributed by atoms with Gasteiger partial charge in [-0.05, 0) is 35.9 Å². The summed E-state index contributed by atoms with van der Waals surface area (Å²) in [4.78, 5) is 4.32. The molecule has 1 N–H and O–H groups in total. The van der Waals surface area contributed by atoms with Crippen molar-refractivity contribution in [2.24, 2.45) is 0 Å². The molecule has 0 aliphatic heterocycles. The second-order valence-corrected chi connectivity index (χ2v) is 6.25. The molecule has 0 spiro atoms. The van der Waals surface area contributed by atoms with Crippen LogP contribution in [0.15, 0.2) is 53.9 Å². The van der Waals surface area contributed by atoms with Gasteiger partial charge < -0.3 is 4.98 Å². The van der Waals surface area contributed by atoms with Crippen LogP contribution in [0.4, 0.5) is 0 Å². The van der Waals surface area contributed by atoms with Crippen molar-refractivity contribution in [3.05, 3.63) is 64.5 Å². The summed E-state index contributed by atoms with van der Waals surface area (Å²) in [6.45, 7) is 0. The molecule has 0 bridgehead atoms. The predicted molar refractivity (Wildman–Crippen MR) is 92.7 cm³/mol. The van der Waals surface area contributed by atoms with Crippen LogP contribution in [0.2, 0.25) is 0 Å². The lowest BCUT2D eigenvalue weighted by Gasteiger charge is -2.08. The van der Waals surface area contributed by atoms with Gasteiger partial charge in [0, 0.05) is 22.0 Å². The summed E-state index contributed by atoms with van der Waals surface area (Å²) in [6.07, 6.45) is 8.82. The Kier molecular flexibility index (Phi) is 3.17. The van der Waals surface area contributed by atoms with Gasteiger partial charge in [0.2, 0.25) is 0 Å². The number of aromatic nitrogens is 1. The van der Waals surface area contributed by atoms with E-state index in [0.29, 0.717) is 0 Å². The molecule has 106 valence electrons. The van der Waals surface area contributed by atoms with Crippen LogP contribution >= 0.6 is 11.3 Å². The Morgan fingerprint density at radius 1 is 1.14 bits per heavy atom. The summed E-state index contributed by atoms with van der Waals surface area (Å²) in [6, 6.07) is 12.7. The summed E-state index contributed by atoms with van der Waals surface area (Å²) >= 11 is 1.50. The van der Waals surface area contributed by atoms with Gasteiger partial charge in [-0.2, -0.15) is 5.26 Å². The Labute approximate surface area is 133 Å². The average Bonchev–Trinajstić information content (AvgIpc) is 3.19. The predicted octanol–water partition coefficient (Wildman–Crippen LogP) is 5.50. The number of hydrogen-bond donors (Lipinski definition) is 1. The van der Waals surface area contributed by atoms with Crippen molar-refractivity contribution < 1.29 is 0 Å².